The summed E-state index contributed by atoms with van der Waals surface area (Å²) in [6, 6.07) is 28.3. The molecule has 0 saturated heterocycles. The second-order valence-corrected chi connectivity index (χ2v) is 8.03. The van der Waals surface area contributed by atoms with Crippen LogP contribution in [0, 0.1) is 10.1 Å². The Morgan fingerprint density at radius 1 is 0.750 bits per heavy atom. The molecule has 4 aromatic rings. The number of benzene rings is 4. The maximum atomic E-state index is 13.5. The molecular formula is C28H18N2O6. The molecule has 0 radical (unpaired) electrons. The summed E-state index contributed by atoms with van der Waals surface area (Å²) in [5.41, 5.74) is 0.582. The van der Waals surface area contributed by atoms with Gasteiger partial charge < -0.3 is 4.74 Å². The van der Waals surface area contributed by atoms with Crippen molar-refractivity contribution in [3.05, 3.63) is 141 Å². The van der Waals surface area contributed by atoms with Crippen molar-refractivity contribution in [2.75, 3.05) is 4.90 Å². The number of anilines is 1. The summed E-state index contributed by atoms with van der Waals surface area (Å²) >= 11 is 0. The first-order valence-electron chi connectivity index (χ1n) is 11.0. The molecule has 2 amide bonds. The van der Waals surface area contributed by atoms with E-state index in [1.807, 2.05) is 60.7 Å². The van der Waals surface area contributed by atoms with E-state index in [0.29, 0.717) is 0 Å². The molecule has 0 aromatic heterocycles. The number of hydrogen-bond donors (Lipinski definition) is 0. The topological polar surface area (TPSA) is 107 Å². The zero-order chi connectivity index (χ0) is 25.2. The van der Waals surface area contributed by atoms with Crippen LogP contribution in [0.1, 0.15) is 48.3 Å². The third kappa shape index (κ3) is 3.90. The largest absolute Gasteiger partial charge is 0.449 e. The van der Waals surface area contributed by atoms with E-state index in [-0.39, 0.29) is 22.4 Å². The Morgan fingerprint density at radius 3 is 1.94 bits per heavy atom. The zero-order valence-corrected chi connectivity index (χ0v) is 18.7. The molecule has 0 N–H and O–H groups in total. The van der Waals surface area contributed by atoms with Gasteiger partial charge >= 0.3 is 5.97 Å². The highest BCUT2D eigenvalue weighted by molar-refractivity contribution is 6.36. The Labute approximate surface area is 205 Å². The number of amides is 2. The molecule has 8 nitrogen and oxygen atoms in total. The summed E-state index contributed by atoms with van der Waals surface area (Å²) < 4.78 is 5.92. The third-order valence-electron chi connectivity index (χ3n) is 5.88. The molecule has 1 aliphatic heterocycles. The van der Waals surface area contributed by atoms with Crippen LogP contribution in [0.2, 0.25) is 0 Å². The smallest absolute Gasteiger partial charge is 0.341 e. The molecular weight excluding hydrogens is 460 g/mol. The zero-order valence-electron chi connectivity index (χ0n) is 18.7. The van der Waals surface area contributed by atoms with Crippen molar-refractivity contribution in [3.63, 3.8) is 0 Å². The van der Waals surface area contributed by atoms with Gasteiger partial charge in [0.05, 0.1) is 21.7 Å². The molecule has 0 aliphatic carbocycles. The molecule has 0 saturated carbocycles. The molecule has 0 spiro atoms. The molecule has 1 aliphatic rings. The first kappa shape index (κ1) is 22.7. The molecule has 0 unspecified atom stereocenters. The predicted molar refractivity (Wildman–Crippen MR) is 131 cm³/mol. The lowest BCUT2D eigenvalue weighted by Gasteiger charge is -2.21. The Hall–Kier alpha value is -5.11. The van der Waals surface area contributed by atoms with Crippen molar-refractivity contribution in [1.29, 1.82) is 0 Å². The van der Waals surface area contributed by atoms with E-state index in [9.17, 15) is 24.5 Å². The minimum absolute atomic E-state index is 0.0112. The Kier molecular flexibility index (Phi) is 5.83. The molecule has 176 valence electrons. The molecule has 4 aromatic carbocycles. The number of ether oxygens (including phenoxy) is 1. The second-order valence-electron chi connectivity index (χ2n) is 8.03. The number of esters is 1. The SMILES string of the molecule is O=C(OC(c1ccccc1)c1ccccc1)c1ccccc1N1C(=O)c2cccc([N+](=O)[O-])c2C1=O. The third-order valence-corrected chi connectivity index (χ3v) is 5.88. The fourth-order valence-corrected chi connectivity index (χ4v) is 4.23. The normalized spacial score (nSPS) is 12.5. The van der Waals surface area contributed by atoms with E-state index in [0.717, 1.165) is 22.1 Å². The van der Waals surface area contributed by atoms with Gasteiger partial charge in [-0.15, -0.1) is 0 Å². The predicted octanol–water partition coefficient (Wildman–Crippen LogP) is 5.34. The number of rotatable bonds is 6. The van der Waals surface area contributed by atoms with Crippen molar-refractivity contribution < 1.29 is 24.0 Å². The second kappa shape index (κ2) is 9.27. The first-order valence-corrected chi connectivity index (χ1v) is 11.0. The highest BCUT2D eigenvalue weighted by atomic mass is 16.6. The van der Waals surface area contributed by atoms with E-state index in [2.05, 4.69) is 0 Å². The van der Waals surface area contributed by atoms with Gasteiger partial charge in [-0.3, -0.25) is 19.7 Å². The highest BCUT2D eigenvalue weighted by Crippen LogP contribution is 2.36. The van der Waals surface area contributed by atoms with E-state index < -0.39 is 34.5 Å². The summed E-state index contributed by atoms with van der Waals surface area (Å²) in [7, 11) is 0. The van der Waals surface area contributed by atoms with Crippen molar-refractivity contribution in [2.24, 2.45) is 0 Å². The maximum absolute atomic E-state index is 13.5. The van der Waals surface area contributed by atoms with Crippen LogP contribution < -0.4 is 4.90 Å². The average Bonchev–Trinajstić information content (AvgIpc) is 3.17. The molecule has 36 heavy (non-hydrogen) atoms. The van der Waals surface area contributed by atoms with Gasteiger partial charge in [-0.05, 0) is 29.3 Å². The number of nitro benzene ring substituents is 1. The van der Waals surface area contributed by atoms with Gasteiger partial charge in [0.1, 0.15) is 5.56 Å². The van der Waals surface area contributed by atoms with E-state index >= 15 is 0 Å². The van der Waals surface area contributed by atoms with Crippen molar-refractivity contribution in [3.8, 4) is 0 Å². The molecule has 0 fully saturated rings. The summed E-state index contributed by atoms with van der Waals surface area (Å²) in [5.74, 6) is -2.37. The van der Waals surface area contributed by atoms with Crippen LogP contribution in [0.3, 0.4) is 0 Å². The first-order chi connectivity index (χ1) is 17.5. The monoisotopic (exact) mass is 478 g/mol. The number of para-hydroxylation sites is 1. The van der Waals surface area contributed by atoms with Crippen LogP contribution in [-0.4, -0.2) is 22.7 Å². The lowest BCUT2D eigenvalue weighted by atomic mass is 10.0. The number of carbonyl (C=O) groups excluding carboxylic acids is 3. The fourth-order valence-electron chi connectivity index (χ4n) is 4.23. The summed E-state index contributed by atoms with van der Waals surface area (Å²) in [4.78, 5) is 51.4. The van der Waals surface area contributed by atoms with Crippen LogP contribution >= 0.6 is 0 Å². The van der Waals surface area contributed by atoms with Crippen LogP contribution in [0.15, 0.2) is 103 Å². The van der Waals surface area contributed by atoms with Crippen molar-refractivity contribution in [2.45, 2.75) is 6.10 Å². The molecule has 5 rings (SSSR count). The number of nitrogens with zero attached hydrogens (tertiary/aromatic N) is 2. The quantitative estimate of drug-likeness (QED) is 0.160. The van der Waals surface area contributed by atoms with Gasteiger partial charge in [-0.2, -0.15) is 0 Å². The van der Waals surface area contributed by atoms with E-state index in [4.69, 9.17) is 4.74 Å². The summed E-state index contributed by atoms with van der Waals surface area (Å²) in [6.45, 7) is 0. The fraction of sp³-hybridized carbons (Fsp3) is 0.0357. The highest BCUT2D eigenvalue weighted by Gasteiger charge is 2.43. The van der Waals surface area contributed by atoms with Crippen LogP contribution in [0.4, 0.5) is 11.4 Å². The van der Waals surface area contributed by atoms with Gasteiger partial charge in [-0.25, -0.2) is 9.69 Å². The van der Waals surface area contributed by atoms with Gasteiger partial charge in [0, 0.05) is 6.07 Å². The average molecular weight is 478 g/mol. The van der Waals surface area contributed by atoms with Gasteiger partial charge in [0.2, 0.25) is 0 Å². The maximum Gasteiger partial charge on any atom is 0.341 e. The van der Waals surface area contributed by atoms with Crippen LogP contribution in [0.25, 0.3) is 0 Å². The van der Waals surface area contributed by atoms with E-state index in [1.165, 1.54) is 24.3 Å². The number of carbonyl (C=O) groups is 3. The van der Waals surface area contributed by atoms with E-state index in [1.54, 1.807) is 12.1 Å². The van der Waals surface area contributed by atoms with Crippen LogP contribution in [0.5, 0.6) is 0 Å². The number of fused-ring (bicyclic) bond motifs is 1. The molecule has 8 heteroatoms. The number of nitro groups is 1. The Bertz CT molecular complexity index is 1460. The lowest BCUT2D eigenvalue weighted by molar-refractivity contribution is -0.385. The Balaban J connectivity index is 1.53. The standard InChI is InChI=1S/C28H18N2O6/c31-26-21-15-9-17-23(30(34)35)24(21)27(32)29(26)22-16-8-7-14-20(22)28(33)36-25(18-10-3-1-4-11-18)19-12-5-2-6-13-19/h1-17,25H. The van der Waals surface area contributed by atoms with Gasteiger partial charge in [0.25, 0.3) is 17.5 Å². The number of imide groups is 1. The summed E-state index contributed by atoms with van der Waals surface area (Å²) in [5, 5.41) is 11.5. The van der Waals surface area contributed by atoms with Crippen molar-refractivity contribution >= 4 is 29.2 Å². The number of hydrogen-bond acceptors (Lipinski definition) is 6. The minimum Gasteiger partial charge on any atom is -0.449 e. The summed E-state index contributed by atoms with van der Waals surface area (Å²) in [6.07, 6.45) is -0.740. The van der Waals surface area contributed by atoms with Crippen LogP contribution in [-0.2, 0) is 4.74 Å². The van der Waals surface area contributed by atoms with Gasteiger partial charge in [0.15, 0.2) is 6.10 Å². The molecule has 1 heterocycles. The van der Waals surface area contributed by atoms with Crippen molar-refractivity contribution in [1.82, 2.24) is 0 Å². The minimum atomic E-state index is -0.870. The lowest BCUT2D eigenvalue weighted by Crippen LogP contribution is -2.31. The molecule has 0 atom stereocenters. The molecule has 0 bridgehead atoms. The Morgan fingerprint density at radius 2 is 1.33 bits per heavy atom. The van der Waals surface area contributed by atoms with Gasteiger partial charge in [-0.1, -0.05) is 78.9 Å².